The van der Waals surface area contributed by atoms with Crippen LogP contribution in [-0.2, 0) is 0 Å². The van der Waals surface area contributed by atoms with Crippen molar-refractivity contribution in [2.24, 2.45) is 0 Å². The van der Waals surface area contributed by atoms with Crippen molar-refractivity contribution in [2.75, 3.05) is 5.73 Å². The zero-order valence-corrected chi connectivity index (χ0v) is 9.55. The number of aryl methyl sites for hydroxylation is 1. The van der Waals surface area contributed by atoms with Crippen molar-refractivity contribution >= 4 is 5.82 Å². The molecule has 90 valence electrons. The molecule has 0 aliphatic rings. The molecule has 1 heterocycles. The van der Waals surface area contributed by atoms with E-state index in [-0.39, 0.29) is 22.9 Å². The summed E-state index contributed by atoms with van der Waals surface area (Å²) >= 11 is 0. The highest BCUT2D eigenvalue weighted by atomic mass is 16.3. The molecular formula is C12H10N4O2. The Bertz CT molecular complexity index is 639. The zero-order chi connectivity index (χ0) is 13.3. The summed E-state index contributed by atoms with van der Waals surface area (Å²) in [5.74, 6) is -0.111. The van der Waals surface area contributed by atoms with Crippen molar-refractivity contribution in [3.8, 4) is 29.0 Å². The first-order valence-electron chi connectivity index (χ1n) is 5.09. The molecule has 0 saturated carbocycles. The van der Waals surface area contributed by atoms with Gasteiger partial charge in [-0.1, -0.05) is 0 Å². The minimum atomic E-state index is -0.267. The van der Waals surface area contributed by atoms with Gasteiger partial charge in [0.25, 0.3) is 0 Å². The van der Waals surface area contributed by atoms with Crippen LogP contribution in [0.1, 0.15) is 11.3 Å². The number of nitrogen functional groups attached to an aromatic ring is 1. The second-order valence-electron chi connectivity index (χ2n) is 3.71. The molecule has 0 radical (unpaired) electrons. The molecule has 0 saturated heterocycles. The van der Waals surface area contributed by atoms with Crippen LogP contribution in [0.2, 0.25) is 0 Å². The highest BCUT2D eigenvalue weighted by molar-refractivity contribution is 5.64. The first kappa shape index (κ1) is 11.7. The van der Waals surface area contributed by atoms with Crippen LogP contribution < -0.4 is 5.73 Å². The van der Waals surface area contributed by atoms with Gasteiger partial charge in [0.1, 0.15) is 17.5 Å². The number of nitrogens with two attached hydrogens (primary N) is 1. The molecule has 2 rings (SSSR count). The molecule has 1 aromatic carbocycles. The van der Waals surface area contributed by atoms with Crippen molar-refractivity contribution < 1.29 is 10.2 Å². The summed E-state index contributed by atoms with van der Waals surface area (Å²) in [5, 5.41) is 27.5. The van der Waals surface area contributed by atoms with Crippen molar-refractivity contribution in [1.29, 1.82) is 5.26 Å². The van der Waals surface area contributed by atoms with Gasteiger partial charge in [0.05, 0.1) is 5.69 Å². The molecule has 0 unspecified atom stereocenters. The lowest BCUT2D eigenvalue weighted by Gasteiger charge is -2.06. The maximum absolute atomic E-state index is 9.41. The molecule has 4 N–H and O–H groups in total. The summed E-state index contributed by atoms with van der Waals surface area (Å²) in [6.45, 7) is 1.65. The third-order valence-corrected chi connectivity index (χ3v) is 2.46. The van der Waals surface area contributed by atoms with Crippen LogP contribution in [0.4, 0.5) is 5.82 Å². The van der Waals surface area contributed by atoms with E-state index in [0.29, 0.717) is 17.1 Å². The van der Waals surface area contributed by atoms with Crippen LogP contribution >= 0.6 is 0 Å². The molecular weight excluding hydrogens is 232 g/mol. The van der Waals surface area contributed by atoms with Gasteiger partial charge < -0.3 is 15.9 Å². The first-order chi connectivity index (χ1) is 8.52. The smallest absolute Gasteiger partial charge is 0.161 e. The molecule has 0 aliphatic carbocycles. The Morgan fingerprint density at radius 2 is 1.94 bits per heavy atom. The Balaban J connectivity index is 2.59. The summed E-state index contributed by atoms with van der Waals surface area (Å²) in [6.07, 6.45) is 0. The SMILES string of the molecule is Cc1nc(-c2ccc(O)c(O)c2)nc(N)c1C#N. The van der Waals surface area contributed by atoms with Crippen molar-refractivity contribution in [1.82, 2.24) is 9.97 Å². The summed E-state index contributed by atoms with van der Waals surface area (Å²) in [4.78, 5) is 8.14. The van der Waals surface area contributed by atoms with E-state index in [4.69, 9.17) is 11.0 Å². The van der Waals surface area contributed by atoms with Crippen LogP contribution in [-0.4, -0.2) is 20.2 Å². The van der Waals surface area contributed by atoms with E-state index in [9.17, 15) is 10.2 Å². The minimum Gasteiger partial charge on any atom is -0.504 e. The van der Waals surface area contributed by atoms with E-state index in [1.165, 1.54) is 12.1 Å². The summed E-state index contributed by atoms with van der Waals surface area (Å²) < 4.78 is 0. The van der Waals surface area contributed by atoms with Crippen LogP contribution in [0.3, 0.4) is 0 Å². The summed E-state index contributed by atoms with van der Waals surface area (Å²) in [7, 11) is 0. The van der Waals surface area contributed by atoms with Gasteiger partial charge in [-0.05, 0) is 25.1 Å². The Kier molecular flexibility index (Phi) is 2.73. The molecule has 6 heteroatoms. The van der Waals surface area contributed by atoms with Crippen LogP contribution in [0.15, 0.2) is 18.2 Å². The van der Waals surface area contributed by atoms with E-state index in [1.807, 2.05) is 6.07 Å². The fourth-order valence-electron chi connectivity index (χ4n) is 1.52. The molecule has 0 amide bonds. The van der Waals surface area contributed by atoms with Gasteiger partial charge >= 0.3 is 0 Å². The quantitative estimate of drug-likeness (QED) is 0.649. The number of aromatic hydroxyl groups is 2. The first-order valence-corrected chi connectivity index (χ1v) is 5.09. The van der Waals surface area contributed by atoms with Gasteiger partial charge in [-0.2, -0.15) is 5.26 Å². The number of aromatic nitrogens is 2. The van der Waals surface area contributed by atoms with Crippen LogP contribution in [0.25, 0.3) is 11.4 Å². The van der Waals surface area contributed by atoms with Gasteiger partial charge in [-0.3, -0.25) is 0 Å². The number of nitriles is 1. The number of rotatable bonds is 1. The third kappa shape index (κ3) is 1.89. The highest BCUT2D eigenvalue weighted by Crippen LogP contribution is 2.29. The predicted octanol–water partition coefficient (Wildman–Crippen LogP) is 1.32. The predicted molar refractivity (Wildman–Crippen MR) is 64.7 cm³/mol. The van der Waals surface area contributed by atoms with Gasteiger partial charge in [-0.15, -0.1) is 0 Å². The fraction of sp³-hybridized carbons (Fsp3) is 0.0833. The van der Waals surface area contributed by atoms with E-state index >= 15 is 0 Å². The highest BCUT2D eigenvalue weighted by Gasteiger charge is 2.11. The summed E-state index contributed by atoms with van der Waals surface area (Å²) in [6, 6.07) is 6.13. The monoisotopic (exact) mass is 242 g/mol. The fourth-order valence-corrected chi connectivity index (χ4v) is 1.52. The van der Waals surface area contributed by atoms with Crippen molar-refractivity contribution in [3.63, 3.8) is 0 Å². The van der Waals surface area contributed by atoms with Gasteiger partial charge in [0, 0.05) is 5.56 Å². The van der Waals surface area contributed by atoms with E-state index in [0.717, 1.165) is 0 Å². The maximum Gasteiger partial charge on any atom is 0.161 e. The maximum atomic E-state index is 9.41. The Morgan fingerprint density at radius 1 is 1.22 bits per heavy atom. The normalized spacial score (nSPS) is 10.0. The second-order valence-corrected chi connectivity index (χ2v) is 3.71. The molecule has 0 aliphatic heterocycles. The van der Waals surface area contributed by atoms with E-state index < -0.39 is 0 Å². The minimum absolute atomic E-state index is 0.0903. The molecule has 6 nitrogen and oxygen atoms in total. The topological polar surface area (TPSA) is 116 Å². The van der Waals surface area contributed by atoms with Gasteiger partial charge in [0.2, 0.25) is 0 Å². The number of hydrogen-bond acceptors (Lipinski definition) is 6. The molecule has 2 aromatic rings. The molecule has 1 aromatic heterocycles. The molecule has 18 heavy (non-hydrogen) atoms. The zero-order valence-electron chi connectivity index (χ0n) is 9.55. The lowest BCUT2D eigenvalue weighted by molar-refractivity contribution is 0.404. The lowest BCUT2D eigenvalue weighted by atomic mass is 10.1. The molecule has 0 spiro atoms. The number of hydrogen-bond donors (Lipinski definition) is 3. The van der Waals surface area contributed by atoms with E-state index in [2.05, 4.69) is 9.97 Å². The number of anilines is 1. The number of phenolic OH excluding ortho intramolecular Hbond substituents is 2. The Hall–Kier alpha value is -2.81. The lowest BCUT2D eigenvalue weighted by Crippen LogP contribution is -2.02. The molecule has 0 atom stereocenters. The van der Waals surface area contributed by atoms with Crippen LogP contribution in [0.5, 0.6) is 11.5 Å². The standard InChI is InChI=1S/C12H10N4O2/c1-6-8(5-13)11(14)16-12(15-6)7-2-3-9(17)10(18)4-7/h2-4,17-18H,1H3,(H2,14,15,16). The average Bonchev–Trinajstić information content (AvgIpc) is 2.32. The molecule has 0 bridgehead atoms. The van der Waals surface area contributed by atoms with Crippen LogP contribution in [0, 0.1) is 18.3 Å². The largest absolute Gasteiger partial charge is 0.504 e. The van der Waals surface area contributed by atoms with E-state index in [1.54, 1.807) is 13.0 Å². The Labute approximate surface area is 103 Å². The second kappa shape index (κ2) is 4.22. The number of nitrogens with zero attached hydrogens (tertiary/aromatic N) is 3. The molecule has 0 fully saturated rings. The number of benzene rings is 1. The average molecular weight is 242 g/mol. The van der Waals surface area contributed by atoms with Gasteiger partial charge in [-0.25, -0.2) is 9.97 Å². The summed E-state index contributed by atoms with van der Waals surface area (Å²) in [5.41, 5.74) is 6.86. The van der Waals surface area contributed by atoms with Crippen molar-refractivity contribution in [2.45, 2.75) is 6.92 Å². The Morgan fingerprint density at radius 3 is 2.50 bits per heavy atom. The number of phenols is 2. The third-order valence-electron chi connectivity index (χ3n) is 2.46. The van der Waals surface area contributed by atoms with Gasteiger partial charge in [0.15, 0.2) is 17.3 Å². The van der Waals surface area contributed by atoms with Crippen molar-refractivity contribution in [3.05, 3.63) is 29.5 Å².